The second kappa shape index (κ2) is 12.8. The van der Waals surface area contributed by atoms with Crippen LogP contribution in [0.3, 0.4) is 0 Å². The average molecular weight is 507 g/mol. The van der Waals surface area contributed by atoms with Crippen molar-refractivity contribution in [2.75, 3.05) is 0 Å². The van der Waals surface area contributed by atoms with Crippen LogP contribution in [-0.2, 0) is 33.4 Å². The minimum atomic E-state index is -2.38. The molecule has 0 amide bonds. The van der Waals surface area contributed by atoms with Crippen molar-refractivity contribution in [1.29, 1.82) is 0 Å². The first-order valence-electron chi connectivity index (χ1n) is 11.7. The second-order valence-corrected chi connectivity index (χ2v) is 9.31. The van der Waals surface area contributed by atoms with Crippen LogP contribution in [0.4, 0.5) is 0 Å². The Labute approximate surface area is 212 Å². The maximum Gasteiger partial charge on any atom is 0.333 e. The quantitative estimate of drug-likeness (QED) is 0.209. The topological polar surface area (TPSA) is 136 Å². The van der Waals surface area contributed by atoms with Gasteiger partial charge in [-0.05, 0) is 54.0 Å². The molecule has 0 aliphatic heterocycles. The number of hydrogen-bond acceptors (Lipinski definition) is 9. The number of allylic oxidation sites excluding steroid dienone is 3. The third kappa shape index (κ3) is 7.24. The molecule has 1 fully saturated rings. The lowest BCUT2D eigenvalue weighted by molar-refractivity contribution is -0.211. The summed E-state index contributed by atoms with van der Waals surface area (Å²) in [6.45, 7) is 16.1. The Bertz CT molecular complexity index is 979. The molecule has 9 heteroatoms. The minimum Gasteiger partial charge on any atom is -0.454 e. The second-order valence-electron chi connectivity index (χ2n) is 9.31. The molecule has 200 valence electrons. The van der Waals surface area contributed by atoms with Crippen molar-refractivity contribution < 1.29 is 43.6 Å². The standard InChI is InChI=1S/C27H38O9/c1-10-15(5)25(31)35-19(13-12-14(3)4)17(7)20-21(29)24(36-26(32)16(6)11-2)27(9,33)23(30)22(20)34-18(8)28/h10-12,19-22,24,29,33H,7,13H2,1-6,8-9H3/b15-10-,16-11-/t19?,20-,21-,22+,24-,27-/m1/s1. The zero-order valence-electron chi connectivity index (χ0n) is 22.3. The van der Waals surface area contributed by atoms with Crippen molar-refractivity contribution in [2.24, 2.45) is 5.92 Å². The maximum atomic E-state index is 13.3. The van der Waals surface area contributed by atoms with E-state index in [-0.39, 0.29) is 17.6 Å². The molecule has 1 rings (SSSR count). The van der Waals surface area contributed by atoms with Gasteiger partial charge in [0.15, 0.2) is 17.8 Å². The van der Waals surface area contributed by atoms with Crippen LogP contribution in [0, 0.1) is 5.92 Å². The van der Waals surface area contributed by atoms with Gasteiger partial charge in [0.2, 0.25) is 5.78 Å². The number of ketones is 1. The van der Waals surface area contributed by atoms with Crippen molar-refractivity contribution in [1.82, 2.24) is 0 Å². The highest BCUT2D eigenvalue weighted by Gasteiger charge is 2.60. The van der Waals surface area contributed by atoms with E-state index >= 15 is 0 Å². The van der Waals surface area contributed by atoms with E-state index in [2.05, 4.69) is 6.58 Å². The highest BCUT2D eigenvalue weighted by atomic mass is 16.6. The van der Waals surface area contributed by atoms with E-state index in [1.54, 1.807) is 32.9 Å². The molecule has 0 heterocycles. The number of carbonyl (C=O) groups is 4. The Morgan fingerprint density at radius 3 is 2.03 bits per heavy atom. The van der Waals surface area contributed by atoms with Gasteiger partial charge in [-0.2, -0.15) is 0 Å². The van der Waals surface area contributed by atoms with Crippen LogP contribution < -0.4 is 0 Å². The fourth-order valence-corrected chi connectivity index (χ4v) is 3.69. The molecule has 2 N–H and O–H groups in total. The average Bonchev–Trinajstić information content (AvgIpc) is 2.80. The van der Waals surface area contributed by atoms with Crippen LogP contribution in [-0.4, -0.2) is 63.9 Å². The summed E-state index contributed by atoms with van der Waals surface area (Å²) in [5, 5.41) is 22.3. The Hall–Kier alpha value is -3.04. The normalized spacial score (nSPS) is 27.6. The van der Waals surface area contributed by atoms with Gasteiger partial charge in [0.25, 0.3) is 0 Å². The van der Waals surface area contributed by atoms with E-state index in [0.717, 1.165) is 19.4 Å². The monoisotopic (exact) mass is 506 g/mol. The van der Waals surface area contributed by atoms with Gasteiger partial charge in [0.1, 0.15) is 12.2 Å². The van der Waals surface area contributed by atoms with Crippen LogP contribution in [0.1, 0.15) is 61.8 Å². The molecule has 1 aliphatic rings. The van der Waals surface area contributed by atoms with E-state index in [1.165, 1.54) is 13.0 Å². The lowest BCUT2D eigenvalue weighted by atomic mass is 9.69. The number of hydrogen-bond donors (Lipinski definition) is 2. The molecule has 9 nitrogen and oxygen atoms in total. The molecule has 0 aromatic carbocycles. The number of Topliss-reactive ketones (excluding diaryl/α,β-unsaturated/α-hetero) is 1. The van der Waals surface area contributed by atoms with Gasteiger partial charge in [-0.25, -0.2) is 9.59 Å². The Morgan fingerprint density at radius 2 is 1.56 bits per heavy atom. The van der Waals surface area contributed by atoms with Gasteiger partial charge in [-0.3, -0.25) is 9.59 Å². The van der Waals surface area contributed by atoms with Gasteiger partial charge in [-0.15, -0.1) is 0 Å². The first kappa shape index (κ1) is 31.0. The van der Waals surface area contributed by atoms with Crippen molar-refractivity contribution in [3.63, 3.8) is 0 Å². The summed E-state index contributed by atoms with van der Waals surface area (Å²) < 4.78 is 16.2. The molecule has 36 heavy (non-hydrogen) atoms. The molecule has 1 aliphatic carbocycles. The predicted molar refractivity (Wildman–Crippen MR) is 132 cm³/mol. The molecule has 0 spiro atoms. The predicted octanol–water partition coefficient (Wildman–Crippen LogP) is 2.90. The number of aliphatic hydroxyl groups excluding tert-OH is 1. The molecule has 0 saturated heterocycles. The van der Waals surface area contributed by atoms with Gasteiger partial charge in [0, 0.05) is 24.5 Å². The van der Waals surface area contributed by atoms with Crippen LogP contribution in [0.2, 0.25) is 0 Å². The summed E-state index contributed by atoms with van der Waals surface area (Å²) >= 11 is 0. The first-order valence-corrected chi connectivity index (χ1v) is 11.7. The number of esters is 3. The van der Waals surface area contributed by atoms with E-state index in [1.807, 2.05) is 13.8 Å². The highest BCUT2D eigenvalue weighted by molar-refractivity contribution is 5.95. The molecule has 0 bridgehead atoms. The molecule has 1 saturated carbocycles. The van der Waals surface area contributed by atoms with Crippen molar-refractivity contribution in [2.45, 2.75) is 91.8 Å². The summed E-state index contributed by atoms with van der Waals surface area (Å²) in [6.07, 6.45) is -1.12. The lowest BCUT2D eigenvalue weighted by Crippen LogP contribution is -2.67. The SMILES string of the molecule is C=C(C(CC=C(C)C)OC(=O)/C(C)=C\C)[C@@H]1[C@@H](O)[C@@H](OC(=O)/C(C)=C\C)[C@](C)(O)C(=O)[C@H]1OC(C)=O. The van der Waals surface area contributed by atoms with Crippen LogP contribution in [0.5, 0.6) is 0 Å². The van der Waals surface area contributed by atoms with Crippen LogP contribution in [0.15, 0.2) is 47.1 Å². The number of rotatable bonds is 9. The van der Waals surface area contributed by atoms with Gasteiger partial charge in [-0.1, -0.05) is 30.4 Å². The van der Waals surface area contributed by atoms with E-state index in [4.69, 9.17) is 14.2 Å². The molecule has 1 unspecified atom stereocenters. The fourth-order valence-electron chi connectivity index (χ4n) is 3.69. The molecule has 0 aromatic heterocycles. The van der Waals surface area contributed by atoms with Gasteiger partial charge < -0.3 is 24.4 Å². The number of carbonyl (C=O) groups excluding carboxylic acids is 4. The largest absolute Gasteiger partial charge is 0.454 e. The fraction of sp³-hybridized carbons (Fsp3) is 0.556. The number of ether oxygens (including phenoxy) is 3. The Balaban J connectivity index is 3.60. The van der Waals surface area contributed by atoms with Crippen molar-refractivity contribution >= 4 is 23.7 Å². The van der Waals surface area contributed by atoms with E-state index in [0.29, 0.717) is 5.57 Å². The van der Waals surface area contributed by atoms with Crippen molar-refractivity contribution in [3.8, 4) is 0 Å². The summed E-state index contributed by atoms with van der Waals surface area (Å²) in [4.78, 5) is 50.2. The minimum absolute atomic E-state index is 0.0659. The highest BCUT2D eigenvalue weighted by Crippen LogP contribution is 2.40. The van der Waals surface area contributed by atoms with Gasteiger partial charge >= 0.3 is 17.9 Å². The number of aliphatic hydroxyl groups is 2. The summed E-state index contributed by atoms with van der Waals surface area (Å²) in [5.41, 5.74) is -0.872. The molecular weight excluding hydrogens is 468 g/mol. The third-order valence-electron chi connectivity index (χ3n) is 6.18. The van der Waals surface area contributed by atoms with E-state index in [9.17, 15) is 29.4 Å². The third-order valence-corrected chi connectivity index (χ3v) is 6.18. The summed E-state index contributed by atoms with van der Waals surface area (Å²) in [7, 11) is 0. The zero-order valence-corrected chi connectivity index (χ0v) is 22.3. The summed E-state index contributed by atoms with van der Waals surface area (Å²) in [6, 6.07) is 0. The Morgan fingerprint density at radius 1 is 1.03 bits per heavy atom. The lowest BCUT2D eigenvalue weighted by Gasteiger charge is -2.46. The first-order chi connectivity index (χ1) is 16.6. The van der Waals surface area contributed by atoms with Crippen molar-refractivity contribution in [3.05, 3.63) is 47.1 Å². The molecule has 0 radical (unpaired) electrons. The molecular formula is C27H38O9. The van der Waals surface area contributed by atoms with Crippen LogP contribution in [0.25, 0.3) is 0 Å². The molecule has 6 atom stereocenters. The zero-order chi connectivity index (χ0) is 28.0. The van der Waals surface area contributed by atoms with Crippen LogP contribution >= 0.6 is 0 Å². The smallest absolute Gasteiger partial charge is 0.333 e. The Kier molecular flexibility index (Phi) is 11.0. The summed E-state index contributed by atoms with van der Waals surface area (Å²) in [5.74, 6) is -4.65. The molecule has 0 aromatic rings. The van der Waals surface area contributed by atoms with Gasteiger partial charge in [0.05, 0.1) is 5.92 Å². The maximum absolute atomic E-state index is 13.3. The van der Waals surface area contributed by atoms with E-state index < -0.39 is 59.6 Å².